The van der Waals surface area contributed by atoms with Gasteiger partial charge in [-0.15, -0.1) is 19.7 Å². The molecule has 0 aliphatic heterocycles. The molecule has 0 N–H and O–H groups in total. The van der Waals surface area contributed by atoms with Gasteiger partial charge < -0.3 is 14.2 Å². The van der Waals surface area contributed by atoms with Gasteiger partial charge in [-0.2, -0.15) is 0 Å². The first-order valence-electron chi connectivity index (χ1n) is 10.4. The number of ether oxygens (including phenoxy) is 3. The molecule has 9 nitrogen and oxygen atoms in total. The minimum Gasteiger partial charge on any atom is -0.477 e. The molecule has 1 aromatic rings. The molecule has 1 aromatic heterocycles. The Labute approximate surface area is 237 Å². The Bertz CT molecular complexity index is 958. The summed E-state index contributed by atoms with van der Waals surface area (Å²) in [4.78, 5) is 39.0. The van der Waals surface area contributed by atoms with Gasteiger partial charge in [-0.3, -0.25) is 0 Å². The van der Waals surface area contributed by atoms with Gasteiger partial charge in [-0.05, 0) is 36.7 Å². The lowest BCUT2D eigenvalue weighted by Crippen LogP contribution is -2.55. The molecule has 0 saturated carbocycles. The smallest absolute Gasteiger partial charge is 0.336 e. The maximum absolute atomic E-state index is 13.0. The van der Waals surface area contributed by atoms with Crippen molar-refractivity contribution in [2.45, 2.75) is 19.6 Å². The van der Waals surface area contributed by atoms with Crippen LogP contribution >= 0.6 is 71.9 Å². The molecule has 0 amide bonds. The Kier molecular flexibility index (Phi) is 16.7. The average molecular weight is 610 g/mol. The molecule has 0 radical (unpaired) electrons. The quantitative estimate of drug-likeness (QED) is 0.216. The highest BCUT2D eigenvalue weighted by Gasteiger charge is 2.16. The Morgan fingerprint density at radius 3 is 1.08 bits per heavy atom. The molecule has 1 rings (SSSR count). The number of thioether (sulfide) groups is 3. The maximum atomic E-state index is 13.0. The van der Waals surface area contributed by atoms with E-state index >= 15 is 0 Å². The summed E-state index contributed by atoms with van der Waals surface area (Å²) in [5.41, 5.74) is -2.37. The van der Waals surface area contributed by atoms with Gasteiger partial charge in [0.2, 0.25) is 13.1 Å². The Balaban J connectivity index is 3.09. The topological polar surface area (TPSA) is 93.7 Å². The summed E-state index contributed by atoms with van der Waals surface area (Å²) in [6, 6.07) is 0. The lowest BCUT2D eigenvalue weighted by atomic mass is 10.6. The predicted octanol–water partition coefficient (Wildman–Crippen LogP) is 2.83. The standard InChI is InChI=1S/C21H27N3O6S6/c1-4-13-34-19(31)28-10-7-22-16(25)23(8-11-29-20(32)35-14-5-2)18(27)24(17(22)26)9-12-30-21(33)36-15-6-3/h4-6H,1-3,7-15H2. The van der Waals surface area contributed by atoms with Crippen molar-refractivity contribution in [3.63, 3.8) is 0 Å². The molecule has 198 valence electrons. The number of aromatic nitrogens is 3. The molecule has 0 atom stereocenters. The molecule has 1 heterocycles. The van der Waals surface area contributed by atoms with Crippen LogP contribution in [0.4, 0.5) is 0 Å². The van der Waals surface area contributed by atoms with Crippen LogP contribution in [0.1, 0.15) is 0 Å². The summed E-state index contributed by atoms with van der Waals surface area (Å²) in [5, 5.41) is 0. The van der Waals surface area contributed by atoms with Crippen molar-refractivity contribution >= 4 is 85.1 Å². The second-order valence-corrected chi connectivity index (χ2v) is 11.3. The van der Waals surface area contributed by atoms with Crippen molar-refractivity contribution in [1.29, 1.82) is 0 Å². The summed E-state index contributed by atoms with van der Waals surface area (Å²) < 4.78 is 19.8. The van der Waals surface area contributed by atoms with E-state index in [0.29, 0.717) is 17.3 Å². The third-order valence-electron chi connectivity index (χ3n) is 3.95. The lowest BCUT2D eigenvalue weighted by molar-refractivity contribution is 0.259. The molecule has 0 aliphatic carbocycles. The summed E-state index contributed by atoms with van der Waals surface area (Å²) in [6.07, 6.45) is 5.02. The molecule has 0 aliphatic rings. The molecule has 0 spiro atoms. The van der Waals surface area contributed by atoms with Crippen molar-refractivity contribution in [2.24, 2.45) is 0 Å². The van der Waals surface area contributed by atoms with E-state index in [1.54, 1.807) is 18.2 Å². The lowest BCUT2D eigenvalue weighted by Gasteiger charge is -2.15. The molecular formula is C21H27N3O6S6. The first-order valence-corrected chi connectivity index (χ1v) is 14.6. The summed E-state index contributed by atoms with van der Waals surface area (Å²) in [7, 11) is 0. The van der Waals surface area contributed by atoms with E-state index in [-0.39, 0.29) is 52.6 Å². The predicted molar refractivity (Wildman–Crippen MR) is 163 cm³/mol. The zero-order chi connectivity index (χ0) is 26.9. The van der Waals surface area contributed by atoms with Gasteiger partial charge in [0, 0.05) is 17.3 Å². The third kappa shape index (κ3) is 11.6. The first-order chi connectivity index (χ1) is 17.3. The number of hydrogen-bond donors (Lipinski definition) is 0. The number of hydrogen-bond acceptors (Lipinski definition) is 12. The van der Waals surface area contributed by atoms with E-state index in [2.05, 4.69) is 19.7 Å². The number of thiocarbonyl (C=S) groups is 3. The molecular weight excluding hydrogens is 583 g/mol. The highest BCUT2D eigenvalue weighted by Crippen LogP contribution is 2.07. The van der Waals surface area contributed by atoms with Gasteiger partial charge in [0.05, 0.1) is 19.6 Å². The summed E-state index contributed by atoms with van der Waals surface area (Å²) >= 11 is 19.0. The molecule has 0 saturated heterocycles. The third-order valence-corrected chi connectivity index (χ3v) is 7.63. The fourth-order valence-corrected chi connectivity index (χ4v) is 4.55. The van der Waals surface area contributed by atoms with Gasteiger partial charge in [0.15, 0.2) is 0 Å². The van der Waals surface area contributed by atoms with E-state index in [0.717, 1.165) is 13.7 Å². The normalized spacial score (nSPS) is 10.3. The fourth-order valence-electron chi connectivity index (χ4n) is 2.42. The Morgan fingerprint density at radius 2 is 0.861 bits per heavy atom. The van der Waals surface area contributed by atoms with Crippen LogP contribution in [0, 0.1) is 0 Å². The number of rotatable bonds is 15. The SMILES string of the molecule is C=CCSC(=S)OCCn1c(=O)n(CCOC(=S)SCC=C)c(=O)n(CCOC(=S)SCC=C)c1=O. The van der Waals surface area contributed by atoms with Crippen LogP contribution in [-0.4, -0.2) is 63.9 Å². The molecule has 0 bridgehead atoms. The zero-order valence-corrected chi connectivity index (χ0v) is 24.4. The van der Waals surface area contributed by atoms with Crippen molar-refractivity contribution < 1.29 is 14.2 Å². The van der Waals surface area contributed by atoms with Crippen molar-refractivity contribution in [2.75, 3.05) is 37.1 Å². The van der Waals surface area contributed by atoms with Crippen LogP contribution in [-0.2, 0) is 33.8 Å². The maximum Gasteiger partial charge on any atom is 0.336 e. The monoisotopic (exact) mass is 609 g/mol. The first kappa shape index (κ1) is 32.4. The largest absolute Gasteiger partial charge is 0.477 e. The van der Waals surface area contributed by atoms with Gasteiger partial charge in [-0.25, -0.2) is 28.1 Å². The van der Waals surface area contributed by atoms with E-state index < -0.39 is 17.1 Å². The van der Waals surface area contributed by atoms with Crippen LogP contribution < -0.4 is 17.1 Å². The Hall–Kier alpha value is -1.65. The van der Waals surface area contributed by atoms with E-state index in [4.69, 9.17) is 50.9 Å². The minimum atomic E-state index is -0.791. The fraction of sp³-hybridized carbons (Fsp3) is 0.429. The number of nitrogens with zero attached hydrogens (tertiary/aromatic N) is 3. The van der Waals surface area contributed by atoms with Gasteiger partial charge in [0.1, 0.15) is 19.8 Å². The highest BCUT2D eigenvalue weighted by molar-refractivity contribution is 8.23. The average Bonchev–Trinajstić information content (AvgIpc) is 2.86. The van der Waals surface area contributed by atoms with E-state index in [1.165, 1.54) is 35.3 Å². The van der Waals surface area contributed by atoms with Crippen LogP contribution in [0.5, 0.6) is 0 Å². The Morgan fingerprint density at radius 1 is 0.611 bits per heavy atom. The summed E-state index contributed by atoms with van der Waals surface area (Å²) in [5.74, 6) is 1.70. The second-order valence-electron chi connectivity index (χ2n) is 6.40. The van der Waals surface area contributed by atoms with Crippen molar-refractivity contribution in [1.82, 2.24) is 13.7 Å². The zero-order valence-electron chi connectivity index (χ0n) is 19.5. The van der Waals surface area contributed by atoms with Crippen molar-refractivity contribution in [3.05, 3.63) is 69.4 Å². The van der Waals surface area contributed by atoms with E-state index in [9.17, 15) is 14.4 Å². The molecule has 15 heteroatoms. The second kappa shape index (κ2) is 18.6. The van der Waals surface area contributed by atoms with Crippen LogP contribution in [0.15, 0.2) is 52.3 Å². The van der Waals surface area contributed by atoms with E-state index in [1.807, 2.05) is 0 Å². The van der Waals surface area contributed by atoms with Crippen molar-refractivity contribution in [3.8, 4) is 0 Å². The van der Waals surface area contributed by atoms with Crippen LogP contribution in [0.2, 0.25) is 0 Å². The van der Waals surface area contributed by atoms with Gasteiger partial charge >= 0.3 is 17.1 Å². The highest BCUT2D eigenvalue weighted by atomic mass is 32.2. The van der Waals surface area contributed by atoms with Gasteiger partial charge in [0.25, 0.3) is 0 Å². The molecule has 0 fully saturated rings. The summed E-state index contributed by atoms with van der Waals surface area (Å²) in [6.45, 7) is 10.4. The molecule has 36 heavy (non-hydrogen) atoms. The van der Waals surface area contributed by atoms with Crippen LogP contribution in [0.25, 0.3) is 0 Å². The molecule has 0 aromatic carbocycles. The van der Waals surface area contributed by atoms with Gasteiger partial charge in [-0.1, -0.05) is 53.5 Å². The van der Waals surface area contributed by atoms with Crippen LogP contribution in [0.3, 0.4) is 0 Å². The minimum absolute atomic E-state index is 0.0338. The molecule has 0 unspecified atom stereocenters.